The van der Waals surface area contributed by atoms with Gasteiger partial charge >= 0.3 is 5.97 Å². The Labute approximate surface area is 224 Å². The summed E-state index contributed by atoms with van der Waals surface area (Å²) in [5.74, 6) is 0.546. The fourth-order valence-corrected chi connectivity index (χ4v) is 7.23. The van der Waals surface area contributed by atoms with Crippen LogP contribution in [0.4, 0.5) is 5.69 Å². The molecule has 3 aliphatic heterocycles. The summed E-state index contributed by atoms with van der Waals surface area (Å²) in [4.78, 5) is 35.7. The van der Waals surface area contributed by atoms with E-state index in [1.165, 1.54) is 42.0 Å². The third-order valence-electron chi connectivity index (χ3n) is 5.58. The number of benzene rings is 1. The number of hydrogen-bond acceptors (Lipinski definition) is 11. The molecule has 4 heterocycles. The zero-order chi connectivity index (χ0) is 25.6. The molecule has 0 atom stereocenters. The lowest BCUT2D eigenvalue weighted by molar-refractivity contribution is -0.140. The van der Waals surface area contributed by atoms with E-state index in [9.17, 15) is 14.7 Å². The van der Waals surface area contributed by atoms with Gasteiger partial charge in [-0.05, 0) is 29.8 Å². The molecule has 1 aromatic heterocycles. The van der Waals surface area contributed by atoms with Crippen molar-refractivity contribution in [2.45, 2.75) is 25.2 Å². The number of methoxy groups -OCH3 is 1. The number of nitrogens with zero attached hydrogens (tertiary/aromatic N) is 2. The van der Waals surface area contributed by atoms with Gasteiger partial charge in [0.1, 0.15) is 9.92 Å². The zero-order valence-electron chi connectivity index (χ0n) is 19.4. The van der Waals surface area contributed by atoms with Crippen LogP contribution in [-0.4, -0.2) is 47.5 Å². The van der Waals surface area contributed by atoms with Crippen molar-refractivity contribution in [3.8, 4) is 17.4 Å². The fraction of sp³-hybridized carbons (Fsp3) is 0.304. The number of aromatic amines is 1. The van der Waals surface area contributed by atoms with Crippen molar-refractivity contribution in [3.05, 3.63) is 42.5 Å². The van der Waals surface area contributed by atoms with Crippen molar-refractivity contribution in [1.82, 2.24) is 4.98 Å². The Balaban J connectivity index is 1.52. The highest BCUT2D eigenvalue weighted by molar-refractivity contribution is 8.19. The number of anilines is 1. The first-order chi connectivity index (χ1) is 17.2. The summed E-state index contributed by atoms with van der Waals surface area (Å²) in [7, 11) is 1.36. The molecule has 0 spiro atoms. The fourth-order valence-electron chi connectivity index (χ4n) is 3.81. The number of aromatic nitrogens is 1. The average Bonchev–Trinajstić information content (AvgIpc) is 3.59. The van der Waals surface area contributed by atoms with Crippen molar-refractivity contribution in [1.29, 1.82) is 0 Å². The number of amides is 1. The first-order valence-corrected chi connectivity index (χ1v) is 13.8. The van der Waals surface area contributed by atoms with Gasteiger partial charge in [0.25, 0.3) is 5.91 Å². The molecular weight excluding hydrogens is 543 g/mol. The Kier molecular flexibility index (Phi) is 6.90. The second-order valence-corrected chi connectivity index (χ2v) is 11.9. The van der Waals surface area contributed by atoms with E-state index in [-0.39, 0.29) is 36.9 Å². The molecule has 3 aliphatic rings. The molecule has 0 unspecified atom stereocenters. The van der Waals surface area contributed by atoms with E-state index in [1.54, 1.807) is 0 Å². The van der Waals surface area contributed by atoms with Gasteiger partial charge in [-0.2, -0.15) is 4.99 Å². The van der Waals surface area contributed by atoms with Gasteiger partial charge in [-0.1, -0.05) is 48.7 Å². The number of esters is 1. The summed E-state index contributed by atoms with van der Waals surface area (Å²) in [5, 5.41) is 11.4. The molecule has 0 fully saturated rings. The number of nitrogens with one attached hydrogen (secondary N) is 1. The second-order valence-electron chi connectivity index (χ2n) is 8.19. The molecule has 1 aromatic carbocycles. The molecule has 13 heteroatoms. The third-order valence-corrected chi connectivity index (χ3v) is 9.13. The minimum atomic E-state index is -0.364. The van der Waals surface area contributed by atoms with E-state index in [2.05, 4.69) is 9.98 Å². The zero-order valence-corrected chi connectivity index (χ0v) is 22.7. The van der Waals surface area contributed by atoms with Crippen LogP contribution in [0.5, 0.6) is 17.4 Å². The number of hydrogen-bond donors (Lipinski definition) is 2. The maximum atomic E-state index is 13.0. The number of carbonyl (C=O) groups is 2. The van der Waals surface area contributed by atoms with Crippen LogP contribution in [0.15, 0.2) is 43.6 Å². The van der Waals surface area contributed by atoms with Crippen molar-refractivity contribution in [2.24, 2.45) is 10.9 Å². The summed E-state index contributed by atoms with van der Waals surface area (Å²) in [5.41, 5.74) is 1.70. The third kappa shape index (κ3) is 4.67. The molecule has 36 heavy (non-hydrogen) atoms. The highest BCUT2D eigenvalue weighted by atomic mass is 32.2. The molecule has 2 aromatic rings. The summed E-state index contributed by atoms with van der Waals surface area (Å²) < 4.78 is 16.4. The van der Waals surface area contributed by atoms with Crippen LogP contribution in [0.25, 0.3) is 0 Å². The molecule has 1 amide bonds. The number of carbonyl (C=O) groups excluding carboxylic acids is 2. The molecule has 0 bridgehead atoms. The van der Waals surface area contributed by atoms with Gasteiger partial charge in [0.15, 0.2) is 15.5 Å². The van der Waals surface area contributed by atoms with Crippen molar-refractivity contribution >= 4 is 69.7 Å². The highest BCUT2D eigenvalue weighted by Crippen LogP contribution is 2.52. The number of aliphatic imine (C=N–C) groups is 1. The molecule has 5 rings (SSSR count). The smallest absolute Gasteiger partial charge is 0.307 e. The Morgan fingerprint density at radius 3 is 2.75 bits per heavy atom. The number of rotatable bonds is 6. The van der Waals surface area contributed by atoms with Crippen LogP contribution in [0.1, 0.15) is 25.1 Å². The van der Waals surface area contributed by atoms with Gasteiger partial charge < -0.3 is 29.2 Å². The number of thiazole rings is 1. The monoisotopic (exact) mass is 563 g/mol. The number of aromatic hydroxyl groups is 1. The lowest BCUT2D eigenvalue weighted by Crippen LogP contribution is -2.22. The summed E-state index contributed by atoms with van der Waals surface area (Å²) in [6.07, 6.45) is 2.16. The molecule has 0 aliphatic carbocycles. The molecule has 188 valence electrons. The summed E-state index contributed by atoms with van der Waals surface area (Å²) in [6, 6.07) is 3.83. The topological polar surface area (TPSA) is 113 Å². The lowest BCUT2D eigenvalue weighted by atomic mass is 10.0. The Morgan fingerprint density at radius 1 is 1.33 bits per heavy atom. The molecule has 0 saturated heterocycles. The van der Waals surface area contributed by atoms with Crippen LogP contribution in [-0.2, 0) is 14.3 Å². The normalized spacial score (nSPS) is 18.8. The van der Waals surface area contributed by atoms with E-state index in [0.717, 1.165) is 21.2 Å². The van der Waals surface area contributed by atoms with Crippen LogP contribution in [0.3, 0.4) is 0 Å². The Bertz CT molecular complexity index is 1420. The van der Waals surface area contributed by atoms with E-state index in [0.29, 0.717) is 36.8 Å². The molecule has 0 radical (unpaired) electrons. The quantitative estimate of drug-likeness (QED) is 0.277. The van der Waals surface area contributed by atoms with Crippen molar-refractivity contribution < 1.29 is 28.9 Å². The maximum Gasteiger partial charge on any atom is 0.307 e. The van der Waals surface area contributed by atoms with Gasteiger partial charge in [0.05, 0.1) is 29.2 Å². The van der Waals surface area contributed by atoms with E-state index in [4.69, 9.17) is 26.4 Å². The number of allylic oxidation sites excluding steroid dienone is 2. The van der Waals surface area contributed by atoms with Crippen LogP contribution >= 0.6 is 47.1 Å². The Morgan fingerprint density at radius 2 is 2.08 bits per heavy atom. The number of fused-ring (bicyclic) bond motifs is 2. The van der Waals surface area contributed by atoms with Crippen LogP contribution in [0, 0.1) is 9.87 Å². The summed E-state index contributed by atoms with van der Waals surface area (Å²) >= 11 is 9.03. The minimum absolute atomic E-state index is 0.0000457. The van der Waals surface area contributed by atoms with Crippen molar-refractivity contribution in [2.75, 3.05) is 25.3 Å². The van der Waals surface area contributed by atoms with Gasteiger partial charge in [-0.15, -0.1) is 0 Å². The lowest BCUT2D eigenvalue weighted by Gasteiger charge is -2.21. The average molecular weight is 564 g/mol. The van der Waals surface area contributed by atoms with Gasteiger partial charge in [0, 0.05) is 23.6 Å². The predicted molar refractivity (Wildman–Crippen MR) is 143 cm³/mol. The summed E-state index contributed by atoms with van der Waals surface area (Å²) in [6.45, 7) is 4.57. The highest BCUT2D eigenvalue weighted by Gasteiger charge is 2.33. The standard InChI is InChI=1S/C23H21N3O6S4/c1-10(2)11(18-20(28)24-22(35-18)19-21(29)25-23(33)36-19)6-16-26(5-4-17(27)30-3)12-7-13-14(32-9-31-13)8-15(12)34-16/h6-8,10,29H,4-5,9H2,1-3H3,(H,25,33)/b16-6-,18-11-. The van der Waals surface area contributed by atoms with E-state index in [1.807, 2.05) is 37.0 Å². The second kappa shape index (κ2) is 9.96. The van der Waals surface area contributed by atoms with E-state index < -0.39 is 0 Å². The SMILES string of the molecule is COC(=O)CCN1/C(=C/C(=C2/SC(c3sc(=S)[nH]c3O)=NC2=O)C(C)C)Sc2cc3c(cc21)OCO3. The number of thioether (sulfide) groups is 2. The molecule has 9 nitrogen and oxygen atoms in total. The minimum Gasteiger partial charge on any atom is -0.493 e. The van der Waals surface area contributed by atoms with Gasteiger partial charge in [0.2, 0.25) is 12.7 Å². The molecule has 0 saturated carbocycles. The maximum absolute atomic E-state index is 13.0. The molecular formula is C23H21N3O6S4. The first-order valence-electron chi connectivity index (χ1n) is 10.9. The van der Waals surface area contributed by atoms with Crippen LogP contribution < -0.4 is 14.4 Å². The van der Waals surface area contributed by atoms with Crippen molar-refractivity contribution in [3.63, 3.8) is 0 Å². The number of ether oxygens (including phenoxy) is 3. The van der Waals surface area contributed by atoms with Gasteiger partial charge in [-0.25, -0.2) is 0 Å². The van der Waals surface area contributed by atoms with E-state index >= 15 is 0 Å². The first kappa shape index (κ1) is 24.9. The number of H-pyrrole nitrogens is 1. The molecule has 2 N–H and O–H groups in total. The van der Waals surface area contributed by atoms with Gasteiger partial charge in [-0.3, -0.25) is 9.59 Å². The van der Waals surface area contributed by atoms with Crippen LogP contribution in [0.2, 0.25) is 0 Å². The Hall–Kier alpha value is -2.74. The predicted octanol–water partition coefficient (Wildman–Crippen LogP) is 5.19. The largest absolute Gasteiger partial charge is 0.493 e.